The topological polar surface area (TPSA) is 62.7 Å². The van der Waals surface area contributed by atoms with Gasteiger partial charge in [0.25, 0.3) is 0 Å². The number of ether oxygens (including phenoxy) is 1. The van der Waals surface area contributed by atoms with E-state index in [-0.39, 0.29) is 11.7 Å². The zero-order valence-corrected chi connectivity index (χ0v) is 12.5. The summed E-state index contributed by atoms with van der Waals surface area (Å²) in [6, 6.07) is -0.0586. The fraction of sp³-hybridized carbons (Fsp3) is 0.583. The number of rotatable bonds is 5. The molecule has 0 spiro atoms. The quantitative estimate of drug-likeness (QED) is 0.774. The summed E-state index contributed by atoms with van der Waals surface area (Å²) in [6.45, 7) is 3.08. The molecule has 106 valence electrons. The van der Waals surface area contributed by atoms with Crippen LogP contribution in [0.1, 0.15) is 28.8 Å². The number of amides is 2. The van der Waals surface area contributed by atoms with E-state index in [1.807, 2.05) is 6.92 Å². The third kappa shape index (κ3) is 4.20. The highest BCUT2D eigenvalue weighted by Crippen LogP contribution is 2.14. The van der Waals surface area contributed by atoms with Crippen molar-refractivity contribution >= 4 is 23.3 Å². The number of hydrogen-bond donors (Lipinski definition) is 0. The first-order valence-corrected chi connectivity index (χ1v) is 6.86. The monoisotopic (exact) mass is 285 g/mol. The Labute approximate surface area is 117 Å². The minimum Gasteiger partial charge on any atom is -0.464 e. The Morgan fingerprint density at radius 2 is 2.11 bits per heavy atom. The number of methoxy groups -OCH3 is 1. The molecule has 0 radical (unpaired) electrons. The first kappa shape index (κ1) is 15.4. The number of carbonyl (C=O) groups excluding carboxylic acids is 2. The van der Waals surface area contributed by atoms with Crippen molar-refractivity contribution in [3.8, 4) is 0 Å². The lowest BCUT2D eigenvalue weighted by molar-refractivity contribution is 0.0594. The van der Waals surface area contributed by atoms with E-state index in [9.17, 15) is 9.59 Å². The van der Waals surface area contributed by atoms with Gasteiger partial charge >= 0.3 is 12.0 Å². The van der Waals surface area contributed by atoms with Gasteiger partial charge in [-0.25, -0.2) is 14.6 Å². The highest BCUT2D eigenvalue weighted by Gasteiger charge is 2.18. The summed E-state index contributed by atoms with van der Waals surface area (Å²) in [5, 5.41) is 2.37. The van der Waals surface area contributed by atoms with Crippen molar-refractivity contribution in [2.75, 3.05) is 27.7 Å². The van der Waals surface area contributed by atoms with Crippen molar-refractivity contribution in [2.24, 2.45) is 0 Å². The standard InChI is InChI=1S/C12H19N3O3S/c1-5-6-15(12(17)14(2)3)7-10-13-9(8-19-10)11(16)18-4/h8H,5-7H2,1-4H3. The Morgan fingerprint density at radius 1 is 1.42 bits per heavy atom. The first-order chi connectivity index (χ1) is 8.99. The lowest BCUT2D eigenvalue weighted by atomic mass is 10.4. The second-order valence-corrected chi connectivity index (χ2v) is 5.16. The molecule has 1 heterocycles. The maximum Gasteiger partial charge on any atom is 0.357 e. The Kier molecular flexibility index (Phi) is 5.75. The van der Waals surface area contributed by atoms with Gasteiger partial charge in [0.05, 0.1) is 13.7 Å². The van der Waals surface area contributed by atoms with Gasteiger partial charge in [-0.2, -0.15) is 0 Å². The SMILES string of the molecule is CCCN(Cc1nc(C(=O)OC)cs1)C(=O)N(C)C. The number of thiazole rings is 1. The molecule has 2 amide bonds. The highest BCUT2D eigenvalue weighted by atomic mass is 32.1. The number of esters is 1. The molecular formula is C12H19N3O3S. The highest BCUT2D eigenvalue weighted by molar-refractivity contribution is 7.09. The Morgan fingerprint density at radius 3 is 2.63 bits per heavy atom. The van der Waals surface area contributed by atoms with Crippen molar-refractivity contribution in [2.45, 2.75) is 19.9 Å². The van der Waals surface area contributed by atoms with E-state index in [1.54, 1.807) is 24.4 Å². The first-order valence-electron chi connectivity index (χ1n) is 5.98. The fourth-order valence-corrected chi connectivity index (χ4v) is 2.32. The second kappa shape index (κ2) is 7.08. The van der Waals surface area contributed by atoms with Crippen LogP contribution in [-0.4, -0.2) is 54.5 Å². The molecule has 0 aliphatic carbocycles. The number of carbonyl (C=O) groups is 2. The van der Waals surface area contributed by atoms with E-state index in [2.05, 4.69) is 9.72 Å². The van der Waals surface area contributed by atoms with Crippen LogP contribution in [0, 0.1) is 0 Å². The van der Waals surface area contributed by atoms with Gasteiger partial charge in [0, 0.05) is 26.0 Å². The van der Waals surface area contributed by atoms with Gasteiger partial charge in [0.15, 0.2) is 5.69 Å². The van der Waals surface area contributed by atoms with Crippen LogP contribution in [0.5, 0.6) is 0 Å². The smallest absolute Gasteiger partial charge is 0.357 e. The molecule has 19 heavy (non-hydrogen) atoms. The molecule has 0 unspecified atom stereocenters. The third-order valence-corrected chi connectivity index (χ3v) is 3.25. The molecular weight excluding hydrogens is 266 g/mol. The summed E-state index contributed by atoms with van der Waals surface area (Å²) in [6.07, 6.45) is 0.870. The summed E-state index contributed by atoms with van der Waals surface area (Å²) in [5.74, 6) is -0.455. The van der Waals surface area contributed by atoms with Crippen LogP contribution in [0.3, 0.4) is 0 Å². The molecule has 6 nitrogen and oxygen atoms in total. The zero-order valence-electron chi connectivity index (χ0n) is 11.7. The molecule has 0 bridgehead atoms. The van der Waals surface area contributed by atoms with E-state index >= 15 is 0 Å². The average molecular weight is 285 g/mol. The lowest BCUT2D eigenvalue weighted by Crippen LogP contribution is -2.39. The second-order valence-electron chi connectivity index (χ2n) is 4.22. The van der Waals surface area contributed by atoms with E-state index in [1.165, 1.54) is 23.3 Å². The molecule has 0 atom stereocenters. The molecule has 1 aromatic rings. The van der Waals surface area contributed by atoms with Crippen LogP contribution in [0.15, 0.2) is 5.38 Å². The van der Waals surface area contributed by atoms with Gasteiger partial charge in [-0.05, 0) is 6.42 Å². The van der Waals surface area contributed by atoms with E-state index in [4.69, 9.17) is 0 Å². The van der Waals surface area contributed by atoms with Crippen LogP contribution < -0.4 is 0 Å². The zero-order chi connectivity index (χ0) is 14.4. The molecule has 0 fully saturated rings. The predicted octanol–water partition coefficient (Wildman–Crippen LogP) is 1.82. The van der Waals surface area contributed by atoms with E-state index in [0.717, 1.165) is 11.4 Å². The van der Waals surface area contributed by atoms with Gasteiger partial charge in [-0.3, -0.25) is 0 Å². The van der Waals surface area contributed by atoms with Crippen LogP contribution in [0.25, 0.3) is 0 Å². The molecule has 0 aromatic carbocycles. The summed E-state index contributed by atoms with van der Waals surface area (Å²) in [7, 11) is 4.75. The van der Waals surface area contributed by atoms with Gasteiger partial charge in [-0.15, -0.1) is 11.3 Å². The molecule has 1 aromatic heterocycles. The van der Waals surface area contributed by atoms with Crippen molar-refractivity contribution in [1.82, 2.24) is 14.8 Å². The maximum atomic E-state index is 12.0. The van der Waals surface area contributed by atoms with E-state index < -0.39 is 5.97 Å². The molecule has 0 N–H and O–H groups in total. The van der Waals surface area contributed by atoms with Crippen molar-refractivity contribution in [1.29, 1.82) is 0 Å². The average Bonchev–Trinajstić information content (AvgIpc) is 2.84. The molecule has 0 aliphatic rings. The number of hydrogen-bond acceptors (Lipinski definition) is 5. The normalized spacial score (nSPS) is 10.1. The van der Waals surface area contributed by atoms with Gasteiger partial charge in [0.2, 0.25) is 0 Å². The van der Waals surface area contributed by atoms with Gasteiger partial charge in [-0.1, -0.05) is 6.92 Å². The molecule has 7 heteroatoms. The van der Waals surface area contributed by atoms with Crippen molar-refractivity contribution in [3.63, 3.8) is 0 Å². The van der Waals surface area contributed by atoms with Crippen molar-refractivity contribution in [3.05, 3.63) is 16.1 Å². The minimum atomic E-state index is -0.455. The Hall–Kier alpha value is -1.63. The van der Waals surface area contributed by atoms with Crippen LogP contribution in [-0.2, 0) is 11.3 Å². The molecule has 0 aliphatic heterocycles. The molecule has 0 saturated carbocycles. The van der Waals surface area contributed by atoms with Crippen LogP contribution in [0.4, 0.5) is 4.79 Å². The minimum absolute atomic E-state index is 0.0586. The summed E-state index contributed by atoms with van der Waals surface area (Å²) in [4.78, 5) is 30.7. The van der Waals surface area contributed by atoms with Crippen LogP contribution >= 0.6 is 11.3 Å². The van der Waals surface area contributed by atoms with Crippen LogP contribution in [0.2, 0.25) is 0 Å². The van der Waals surface area contributed by atoms with Crippen molar-refractivity contribution < 1.29 is 14.3 Å². The predicted molar refractivity (Wildman–Crippen MR) is 73.2 cm³/mol. The summed E-state index contributed by atoms with van der Waals surface area (Å²) < 4.78 is 4.60. The third-order valence-electron chi connectivity index (χ3n) is 2.42. The largest absolute Gasteiger partial charge is 0.464 e. The number of urea groups is 1. The lowest BCUT2D eigenvalue weighted by Gasteiger charge is -2.24. The number of nitrogens with zero attached hydrogens (tertiary/aromatic N) is 3. The number of aromatic nitrogens is 1. The Bertz CT molecular complexity index is 445. The summed E-state index contributed by atoms with van der Waals surface area (Å²) >= 11 is 1.35. The summed E-state index contributed by atoms with van der Waals surface area (Å²) in [5.41, 5.74) is 0.288. The maximum absolute atomic E-state index is 12.0. The van der Waals surface area contributed by atoms with Gasteiger partial charge < -0.3 is 14.5 Å². The fourth-order valence-electron chi connectivity index (χ4n) is 1.54. The molecule has 0 saturated heterocycles. The Balaban J connectivity index is 2.76. The molecule has 1 rings (SSSR count). The van der Waals surface area contributed by atoms with E-state index in [0.29, 0.717) is 13.1 Å². The van der Waals surface area contributed by atoms with Gasteiger partial charge in [0.1, 0.15) is 5.01 Å².